The third kappa shape index (κ3) is 2.52. The third-order valence-corrected chi connectivity index (χ3v) is 5.67. The third-order valence-electron chi connectivity index (χ3n) is 5.67. The number of carbonyl (C=O) groups excluding carboxylic acids is 2. The molecule has 2 saturated carbocycles. The summed E-state index contributed by atoms with van der Waals surface area (Å²) in [4.78, 5) is 27.7. The Morgan fingerprint density at radius 2 is 2.27 bits per heavy atom. The molecular weight excluding hydrogens is 284 g/mol. The fraction of sp³-hybridized carbons (Fsp3) is 0.875. The quantitative estimate of drug-likeness (QED) is 0.748. The predicted octanol–water partition coefficient (Wildman–Crippen LogP) is 0.651. The highest BCUT2D eigenvalue weighted by atomic mass is 16.5. The number of carbonyl (C=O) groups is 2. The average molecular weight is 310 g/mol. The number of hydrogen-bond acceptors (Lipinski definition) is 4. The molecule has 1 saturated heterocycles. The van der Waals surface area contributed by atoms with E-state index in [1.165, 1.54) is 6.42 Å². The van der Waals surface area contributed by atoms with Crippen LogP contribution >= 0.6 is 0 Å². The molecule has 6 heteroatoms. The summed E-state index contributed by atoms with van der Waals surface area (Å²) in [7, 11) is 1.88. The number of hydrogen-bond donors (Lipinski definition) is 0. The van der Waals surface area contributed by atoms with Gasteiger partial charge in [0.1, 0.15) is 6.61 Å². The number of ether oxygens (including phenoxy) is 2. The van der Waals surface area contributed by atoms with Crippen molar-refractivity contribution in [3.05, 3.63) is 0 Å². The second kappa shape index (κ2) is 6.16. The molecular formula is C16H26N2O4. The van der Waals surface area contributed by atoms with Gasteiger partial charge in [-0.1, -0.05) is 6.42 Å². The SMILES string of the molecule is CCO[C@H]1C[C@H](N(C)C(=O)CN2CCOCC2=O)C12CCC2. The van der Waals surface area contributed by atoms with Gasteiger partial charge in [-0.05, 0) is 26.2 Å². The molecule has 0 N–H and O–H groups in total. The predicted molar refractivity (Wildman–Crippen MR) is 80.3 cm³/mol. The number of morpholine rings is 1. The van der Waals surface area contributed by atoms with Crippen molar-refractivity contribution in [2.75, 3.05) is 40.0 Å². The van der Waals surface area contributed by atoms with E-state index in [9.17, 15) is 9.59 Å². The first kappa shape index (κ1) is 15.7. The van der Waals surface area contributed by atoms with Gasteiger partial charge in [0.15, 0.2) is 0 Å². The van der Waals surface area contributed by atoms with Crippen LogP contribution in [0.15, 0.2) is 0 Å². The highest BCUT2D eigenvalue weighted by molar-refractivity contribution is 5.85. The molecule has 2 amide bonds. The van der Waals surface area contributed by atoms with Crippen molar-refractivity contribution < 1.29 is 19.1 Å². The van der Waals surface area contributed by atoms with Crippen LogP contribution in [-0.4, -0.2) is 73.7 Å². The zero-order chi connectivity index (χ0) is 15.7. The molecule has 22 heavy (non-hydrogen) atoms. The Labute approximate surface area is 131 Å². The average Bonchev–Trinajstić information content (AvgIpc) is 2.43. The Bertz CT molecular complexity index is 449. The molecule has 0 aromatic carbocycles. The van der Waals surface area contributed by atoms with Crippen molar-refractivity contribution in [2.45, 2.75) is 44.8 Å². The molecule has 1 aliphatic heterocycles. The van der Waals surface area contributed by atoms with Crippen LogP contribution in [0, 0.1) is 5.41 Å². The van der Waals surface area contributed by atoms with E-state index >= 15 is 0 Å². The Hall–Kier alpha value is -1.14. The van der Waals surface area contributed by atoms with E-state index in [4.69, 9.17) is 9.47 Å². The Morgan fingerprint density at radius 1 is 1.50 bits per heavy atom. The summed E-state index contributed by atoms with van der Waals surface area (Å²) >= 11 is 0. The first-order valence-electron chi connectivity index (χ1n) is 8.31. The number of nitrogens with zero attached hydrogens (tertiary/aromatic N) is 2. The van der Waals surface area contributed by atoms with Crippen molar-refractivity contribution in [1.29, 1.82) is 0 Å². The normalized spacial score (nSPS) is 29.9. The van der Waals surface area contributed by atoms with Gasteiger partial charge in [0, 0.05) is 31.7 Å². The van der Waals surface area contributed by atoms with Crippen molar-refractivity contribution >= 4 is 11.8 Å². The lowest BCUT2D eigenvalue weighted by atomic mass is 9.50. The van der Waals surface area contributed by atoms with Gasteiger partial charge in [0.25, 0.3) is 0 Å². The minimum absolute atomic E-state index is 0.0291. The molecule has 0 aromatic heterocycles. The van der Waals surface area contributed by atoms with Crippen LogP contribution in [0.4, 0.5) is 0 Å². The van der Waals surface area contributed by atoms with Gasteiger partial charge < -0.3 is 19.3 Å². The molecule has 3 fully saturated rings. The molecule has 124 valence electrons. The molecule has 0 bridgehead atoms. The first-order valence-corrected chi connectivity index (χ1v) is 8.31. The van der Waals surface area contributed by atoms with Gasteiger partial charge in [0.05, 0.1) is 19.3 Å². The van der Waals surface area contributed by atoms with E-state index in [1.54, 1.807) is 4.90 Å². The summed E-state index contributed by atoms with van der Waals surface area (Å²) in [6.45, 7) is 4.05. The van der Waals surface area contributed by atoms with Crippen LogP contribution < -0.4 is 0 Å². The van der Waals surface area contributed by atoms with Crippen LogP contribution in [0.25, 0.3) is 0 Å². The second-order valence-electron chi connectivity index (χ2n) is 6.65. The molecule has 2 aliphatic carbocycles. The summed E-state index contributed by atoms with van der Waals surface area (Å²) in [6, 6.07) is 0.265. The number of amides is 2. The smallest absolute Gasteiger partial charge is 0.249 e. The van der Waals surface area contributed by atoms with E-state index in [2.05, 4.69) is 0 Å². The molecule has 6 nitrogen and oxygen atoms in total. The van der Waals surface area contributed by atoms with E-state index in [0.29, 0.717) is 19.3 Å². The maximum atomic E-state index is 12.5. The monoisotopic (exact) mass is 310 g/mol. The fourth-order valence-corrected chi connectivity index (χ4v) is 4.11. The lowest BCUT2D eigenvalue weighted by molar-refractivity contribution is -0.203. The largest absolute Gasteiger partial charge is 0.378 e. The molecule has 0 aromatic rings. The lowest BCUT2D eigenvalue weighted by Gasteiger charge is -2.63. The first-order chi connectivity index (χ1) is 10.6. The minimum Gasteiger partial charge on any atom is -0.378 e. The summed E-state index contributed by atoms with van der Waals surface area (Å²) in [5.41, 5.74) is 0.176. The zero-order valence-electron chi connectivity index (χ0n) is 13.5. The summed E-state index contributed by atoms with van der Waals surface area (Å²) < 4.78 is 10.9. The van der Waals surface area contributed by atoms with Crippen molar-refractivity contribution in [1.82, 2.24) is 9.80 Å². The van der Waals surface area contributed by atoms with Gasteiger partial charge >= 0.3 is 0 Å². The maximum Gasteiger partial charge on any atom is 0.249 e. The second-order valence-corrected chi connectivity index (χ2v) is 6.65. The lowest BCUT2D eigenvalue weighted by Crippen LogP contribution is -2.68. The topological polar surface area (TPSA) is 59.1 Å². The van der Waals surface area contributed by atoms with Crippen molar-refractivity contribution in [2.24, 2.45) is 5.41 Å². The van der Waals surface area contributed by atoms with E-state index in [1.807, 2.05) is 18.9 Å². The maximum absolute atomic E-state index is 12.5. The van der Waals surface area contributed by atoms with Crippen LogP contribution in [-0.2, 0) is 19.1 Å². The van der Waals surface area contributed by atoms with Gasteiger partial charge in [-0.2, -0.15) is 0 Å². The van der Waals surface area contributed by atoms with Crippen LogP contribution in [0.2, 0.25) is 0 Å². The zero-order valence-corrected chi connectivity index (χ0v) is 13.5. The van der Waals surface area contributed by atoms with Crippen LogP contribution in [0.3, 0.4) is 0 Å². The van der Waals surface area contributed by atoms with Crippen molar-refractivity contribution in [3.8, 4) is 0 Å². The van der Waals surface area contributed by atoms with E-state index in [-0.39, 0.29) is 36.4 Å². The minimum atomic E-state index is -0.0906. The van der Waals surface area contributed by atoms with Gasteiger partial charge in [-0.25, -0.2) is 0 Å². The Balaban J connectivity index is 1.58. The molecule has 1 spiro atoms. The molecule has 3 rings (SSSR count). The standard InChI is InChI=1S/C16H26N2O4/c1-3-22-13-9-12(16(13)5-4-6-16)17(2)14(19)10-18-7-8-21-11-15(18)20/h12-13H,3-11H2,1-2H3/t12-,13-/m0/s1. The van der Waals surface area contributed by atoms with Gasteiger partial charge in [-0.15, -0.1) is 0 Å². The molecule has 2 atom stereocenters. The molecule has 1 heterocycles. The van der Waals surface area contributed by atoms with Gasteiger partial charge in [-0.3, -0.25) is 9.59 Å². The van der Waals surface area contributed by atoms with Crippen molar-refractivity contribution in [3.63, 3.8) is 0 Å². The summed E-state index contributed by atoms with van der Waals surface area (Å²) in [5.74, 6) is -0.0615. The molecule has 3 aliphatic rings. The number of likely N-dealkylation sites (N-methyl/N-ethyl adjacent to an activating group) is 1. The highest BCUT2D eigenvalue weighted by Gasteiger charge is 2.60. The Kier molecular flexibility index (Phi) is 4.41. The van der Waals surface area contributed by atoms with E-state index in [0.717, 1.165) is 25.9 Å². The fourth-order valence-electron chi connectivity index (χ4n) is 4.11. The van der Waals surface area contributed by atoms with Crippen LogP contribution in [0.5, 0.6) is 0 Å². The number of rotatable bonds is 5. The summed E-state index contributed by atoms with van der Waals surface area (Å²) in [6.07, 6.45) is 4.75. The highest BCUT2D eigenvalue weighted by Crippen LogP contribution is 2.58. The molecule has 0 unspecified atom stereocenters. The Morgan fingerprint density at radius 3 is 2.86 bits per heavy atom. The van der Waals surface area contributed by atoms with Gasteiger partial charge in [0.2, 0.25) is 11.8 Å². The van der Waals surface area contributed by atoms with Crippen LogP contribution in [0.1, 0.15) is 32.6 Å². The molecule has 0 radical (unpaired) electrons. The van der Waals surface area contributed by atoms with E-state index < -0.39 is 0 Å². The summed E-state index contributed by atoms with van der Waals surface area (Å²) in [5, 5.41) is 0.